The molecule has 0 aliphatic carbocycles. The van der Waals surface area contributed by atoms with E-state index in [-0.39, 0.29) is 5.91 Å². The number of carbonyl (C=O) groups excluding carboxylic acids is 1. The highest BCUT2D eigenvalue weighted by molar-refractivity contribution is 5.84. The van der Waals surface area contributed by atoms with Crippen molar-refractivity contribution in [3.63, 3.8) is 0 Å². The quantitative estimate of drug-likeness (QED) is 0.459. The second kappa shape index (κ2) is 9.34. The van der Waals surface area contributed by atoms with E-state index in [2.05, 4.69) is 30.8 Å². The van der Waals surface area contributed by atoms with Crippen LogP contribution in [0.1, 0.15) is 22.8 Å². The fourth-order valence-corrected chi connectivity index (χ4v) is 3.49. The lowest BCUT2D eigenvalue weighted by atomic mass is 10.1. The van der Waals surface area contributed by atoms with Crippen molar-refractivity contribution in [1.29, 1.82) is 0 Å². The third-order valence-electron chi connectivity index (χ3n) is 4.92. The van der Waals surface area contributed by atoms with Gasteiger partial charge in [0.05, 0.1) is 0 Å². The first-order chi connectivity index (χ1) is 15.1. The molecule has 4 rings (SSSR count). The van der Waals surface area contributed by atoms with E-state index < -0.39 is 6.04 Å². The number of aromatic nitrogens is 5. The molecule has 1 aromatic carbocycles. The van der Waals surface area contributed by atoms with E-state index in [1.165, 1.54) is 0 Å². The zero-order chi connectivity index (χ0) is 21.6. The highest BCUT2D eigenvalue weighted by atomic mass is 16.2. The summed E-state index contributed by atoms with van der Waals surface area (Å²) in [7, 11) is 0. The molecule has 0 fully saturated rings. The van der Waals surface area contributed by atoms with Gasteiger partial charge in [0.2, 0.25) is 11.9 Å². The van der Waals surface area contributed by atoms with Crippen molar-refractivity contribution < 1.29 is 4.79 Å². The molecule has 3 aromatic heterocycles. The number of nitrogens with zero attached hydrogens (tertiary/aromatic N) is 5. The van der Waals surface area contributed by atoms with Gasteiger partial charge in [-0.05, 0) is 37.6 Å². The SMILES string of the molecule is Cc1cc(C)nc(N[C@@H](Cc2ccccc2)C(=O)NCCc2nnc3ccccn23)n1. The fraction of sp³-hybridized carbons (Fsp3) is 0.261. The van der Waals surface area contributed by atoms with Gasteiger partial charge in [-0.2, -0.15) is 0 Å². The molecule has 31 heavy (non-hydrogen) atoms. The summed E-state index contributed by atoms with van der Waals surface area (Å²) in [6.07, 6.45) is 3.02. The minimum atomic E-state index is -0.501. The number of hydrogen-bond donors (Lipinski definition) is 2. The Labute approximate surface area is 180 Å². The lowest BCUT2D eigenvalue weighted by Crippen LogP contribution is -2.42. The van der Waals surface area contributed by atoms with Crippen LogP contribution in [0, 0.1) is 13.8 Å². The number of amides is 1. The monoisotopic (exact) mass is 415 g/mol. The van der Waals surface area contributed by atoms with E-state index in [9.17, 15) is 4.79 Å². The molecular formula is C23H25N7O. The Kier molecular flexibility index (Phi) is 6.16. The highest BCUT2D eigenvalue weighted by Gasteiger charge is 2.20. The van der Waals surface area contributed by atoms with Crippen molar-refractivity contribution in [2.45, 2.75) is 32.7 Å². The van der Waals surface area contributed by atoms with Crippen LogP contribution >= 0.6 is 0 Å². The second-order valence-corrected chi connectivity index (χ2v) is 7.45. The van der Waals surface area contributed by atoms with Crippen LogP contribution in [-0.4, -0.2) is 43.1 Å². The van der Waals surface area contributed by atoms with Crippen molar-refractivity contribution in [3.05, 3.63) is 83.6 Å². The van der Waals surface area contributed by atoms with Crippen LogP contribution in [0.25, 0.3) is 5.65 Å². The Morgan fingerprint density at radius 3 is 2.52 bits per heavy atom. The number of pyridine rings is 1. The molecule has 0 unspecified atom stereocenters. The third kappa shape index (κ3) is 5.22. The minimum absolute atomic E-state index is 0.111. The summed E-state index contributed by atoms with van der Waals surface area (Å²) in [5.74, 6) is 1.15. The number of nitrogens with one attached hydrogen (secondary N) is 2. The molecule has 0 aliphatic heterocycles. The lowest BCUT2D eigenvalue weighted by molar-refractivity contribution is -0.121. The molecule has 158 valence electrons. The van der Waals surface area contributed by atoms with Gasteiger partial charge in [-0.25, -0.2) is 9.97 Å². The first-order valence-electron chi connectivity index (χ1n) is 10.3. The summed E-state index contributed by atoms with van der Waals surface area (Å²) in [6, 6.07) is 17.1. The van der Waals surface area contributed by atoms with E-state index in [1.54, 1.807) is 0 Å². The average Bonchev–Trinajstić information content (AvgIpc) is 3.16. The Bertz CT molecular complexity index is 1150. The molecule has 0 spiro atoms. The molecule has 1 amide bonds. The molecule has 0 aliphatic rings. The Hall–Kier alpha value is -3.81. The number of fused-ring (bicyclic) bond motifs is 1. The number of carbonyl (C=O) groups is 1. The maximum absolute atomic E-state index is 13.0. The molecule has 0 radical (unpaired) electrons. The lowest BCUT2D eigenvalue weighted by Gasteiger charge is -2.19. The highest BCUT2D eigenvalue weighted by Crippen LogP contribution is 2.10. The van der Waals surface area contributed by atoms with E-state index in [4.69, 9.17) is 0 Å². The number of hydrogen-bond acceptors (Lipinski definition) is 6. The normalized spacial score (nSPS) is 11.9. The van der Waals surface area contributed by atoms with Gasteiger partial charge in [0.25, 0.3) is 0 Å². The molecule has 1 atom stereocenters. The van der Waals surface area contributed by atoms with Crippen molar-refractivity contribution >= 4 is 17.5 Å². The average molecular weight is 416 g/mol. The summed E-state index contributed by atoms with van der Waals surface area (Å²) in [6.45, 7) is 4.28. The van der Waals surface area contributed by atoms with Crippen molar-refractivity contribution in [2.75, 3.05) is 11.9 Å². The molecule has 8 heteroatoms. The molecule has 8 nitrogen and oxygen atoms in total. The predicted molar refractivity (Wildman–Crippen MR) is 119 cm³/mol. The molecule has 0 bridgehead atoms. The third-order valence-corrected chi connectivity index (χ3v) is 4.92. The first kappa shape index (κ1) is 20.5. The first-order valence-corrected chi connectivity index (χ1v) is 10.3. The van der Waals surface area contributed by atoms with Crippen LogP contribution in [0.2, 0.25) is 0 Å². The topological polar surface area (TPSA) is 97.1 Å². The van der Waals surface area contributed by atoms with Crippen molar-refractivity contribution in [3.8, 4) is 0 Å². The van der Waals surface area contributed by atoms with Crippen LogP contribution in [0.3, 0.4) is 0 Å². The number of rotatable bonds is 8. The maximum Gasteiger partial charge on any atom is 0.242 e. The van der Waals surface area contributed by atoms with Gasteiger partial charge in [-0.15, -0.1) is 10.2 Å². The van der Waals surface area contributed by atoms with Gasteiger partial charge in [0.1, 0.15) is 11.9 Å². The van der Waals surface area contributed by atoms with Gasteiger partial charge in [0, 0.05) is 37.0 Å². The maximum atomic E-state index is 13.0. The second-order valence-electron chi connectivity index (χ2n) is 7.45. The number of anilines is 1. The Morgan fingerprint density at radius 2 is 1.74 bits per heavy atom. The van der Waals surface area contributed by atoms with Crippen molar-refractivity contribution in [2.24, 2.45) is 0 Å². The fourth-order valence-electron chi connectivity index (χ4n) is 3.49. The van der Waals surface area contributed by atoms with E-state index in [0.717, 1.165) is 28.4 Å². The molecule has 0 saturated heterocycles. The zero-order valence-corrected chi connectivity index (χ0v) is 17.6. The van der Waals surface area contributed by atoms with Crippen LogP contribution in [0.15, 0.2) is 60.8 Å². The van der Waals surface area contributed by atoms with E-state index in [1.807, 2.05) is 79.0 Å². The van der Waals surface area contributed by atoms with E-state index >= 15 is 0 Å². The molecule has 4 aromatic rings. The van der Waals surface area contributed by atoms with Crippen LogP contribution in [0.4, 0.5) is 5.95 Å². The number of benzene rings is 1. The molecular weight excluding hydrogens is 390 g/mol. The van der Waals surface area contributed by atoms with Gasteiger partial charge in [-0.3, -0.25) is 9.20 Å². The van der Waals surface area contributed by atoms with Gasteiger partial charge < -0.3 is 10.6 Å². The largest absolute Gasteiger partial charge is 0.354 e. The Balaban J connectivity index is 1.45. The molecule has 2 N–H and O–H groups in total. The standard InChI is InChI=1S/C23H25N7O/c1-16-14-17(2)26-23(25-16)27-19(15-18-8-4-3-5-9-18)22(31)24-12-11-21-29-28-20-10-6-7-13-30(20)21/h3-10,13-14,19H,11-12,15H2,1-2H3,(H,24,31)(H,25,26,27)/t19-/m0/s1. The van der Waals surface area contributed by atoms with Gasteiger partial charge >= 0.3 is 0 Å². The minimum Gasteiger partial charge on any atom is -0.354 e. The van der Waals surface area contributed by atoms with Gasteiger partial charge in [-0.1, -0.05) is 36.4 Å². The zero-order valence-electron chi connectivity index (χ0n) is 17.6. The van der Waals surface area contributed by atoms with Crippen LogP contribution in [0.5, 0.6) is 0 Å². The summed E-state index contributed by atoms with van der Waals surface area (Å²) in [5, 5.41) is 14.6. The molecule has 0 saturated carbocycles. The van der Waals surface area contributed by atoms with Crippen LogP contribution in [-0.2, 0) is 17.6 Å². The predicted octanol–water partition coefficient (Wildman–Crippen LogP) is 2.52. The van der Waals surface area contributed by atoms with Crippen LogP contribution < -0.4 is 10.6 Å². The summed E-state index contributed by atoms with van der Waals surface area (Å²) < 4.78 is 1.93. The van der Waals surface area contributed by atoms with Gasteiger partial charge in [0.15, 0.2) is 5.65 Å². The molecule has 3 heterocycles. The smallest absolute Gasteiger partial charge is 0.242 e. The number of aryl methyl sites for hydroxylation is 2. The van der Waals surface area contributed by atoms with Crippen molar-refractivity contribution in [1.82, 2.24) is 29.9 Å². The Morgan fingerprint density at radius 1 is 1.00 bits per heavy atom. The summed E-state index contributed by atoms with van der Waals surface area (Å²) in [4.78, 5) is 21.9. The summed E-state index contributed by atoms with van der Waals surface area (Å²) >= 11 is 0. The summed E-state index contributed by atoms with van der Waals surface area (Å²) in [5.41, 5.74) is 3.56. The van der Waals surface area contributed by atoms with E-state index in [0.29, 0.717) is 25.3 Å².